The maximum atomic E-state index is 13.0. The highest BCUT2D eigenvalue weighted by atomic mass is 32.1. The highest BCUT2D eigenvalue weighted by Crippen LogP contribution is 2.39. The summed E-state index contributed by atoms with van der Waals surface area (Å²) in [6.45, 7) is -4.47. The number of rotatable bonds is 11. The lowest BCUT2D eigenvalue weighted by Crippen LogP contribution is -2.24. The Morgan fingerprint density at radius 1 is 0.947 bits per heavy atom. The van der Waals surface area contributed by atoms with E-state index >= 15 is 0 Å². The Hall–Kier alpha value is -3.86. The largest absolute Gasteiger partial charge is 0.619 e. The fourth-order valence-electron chi connectivity index (χ4n) is 4.18. The number of nitrogens with zero attached hydrogens (tertiary/aromatic N) is 2. The summed E-state index contributed by atoms with van der Waals surface area (Å²) < 4.78 is 61.2. The molecule has 0 radical (unpaired) electrons. The van der Waals surface area contributed by atoms with Crippen molar-refractivity contribution >= 4 is 11.3 Å². The van der Waals surface area contributed by atoms with Crippen molar-refractivity contribution in [3.8, 4) is 17.2 Å². The van der Waals surface area contributed by atoms with Gasteiger partial charge in [-0.05, 0) is 53.6 Å². The first-order chi connectivity index (χ1) is 18.2. The fourth-order valence-corrected chi connectivity index (χ4v) is 5.35. The fraction of sp³-hybridized carbons (Fsp3) is 0.259. The Bertz CT molecular complexity index is 1350. The van der Waals surface area contributed by atoms with E-state index in [4.69, 9.17) is 0 Å². The molecule has 2 atom stereocenters. The van der Waals surface area contributed by atoms with Gasteiger partial charge in [-0.1, -0.05) is 31.2 Å². The van der Waals surface area contributed by atoms with Gasteiger partial charge in [0.25, 0.3) is 0 Å². The van der Waals surface area contributed by atoms with E-state index in [-0.39, 0.29) is 11.7 Å². The minimum Gasteiger partial charge on any atom is -0.619 e. The van der Waals surface area contributed by atoms with E-state index < -0.39 is 30.6 Å². The van der Waals surface area contributed by atoms with Crippen molar-refractivity contribution in [2.75, 3.05) is 0 Å². The minimum atomic E-state index is -3.24. The van der Waals surface area contributed by atoms with Crippen molar-refractivity contribution in [2.24, 2.45) is 0 Å². The van der Waals surface area contributed by atoms with Gasteiger partial charge < -0.3 is 19.8 Å². The molecule has 0 aliphatic rings. The Balaban J connectivity index is 1.68. The highest BCUT2D eigenvalue weighted by molar-refractivity contribution is 7.11. The summed E-state index contributed by atoms with van der Waals surface area (Å²) in [7, 11) is 0. The molecule has 200 valence electrons. The van der Waals surface area contributed by atoms with Crippen LogP contribution in [0.2, 0.25) is 0 Å². The smallest absolute Gasteiger partial charge is 0.387 e. The van der Waals surface area contributed by atoms with Crippen LogP contribution in [-0.4, -0.2) is 23.3 Å². The van der Waals surface area contributed by atoms with Gasteiger partial charge in [-0.15, -0.1) is 11.3 Å². The lowest BCUT2D eigenvalue weighted by molar-refractivity contribution is -0.605. The second kappa shape index (κ2) is 12.1. The number of aromatic hydroxyl groups is 1. The van der Waals surface area contributed by atoms with Gasteiger partial charge in [-0.25, -0.2) is 4.98 Å². The van der Waals surface area contributed by atoms with Gasteiger partial charge in [0.05, 0.1) is 0 Å². The number of halogens is 4. The molecule has 11 heteroatoms. The van der Waals surface area contributed by atoms with Crippen LogP contribution in [0.1, 0.15) is 45.3 Å². The van der Waals surface area contributed by atoms with Gasteiger partial charge in [-0.2, -0.15) is 22.3 Å². The zero-order valence-corrected chi connectivity index (χ0v) is 21.0. The number of pyridine rings is 1. The maximum absolute atomic E-state index is 13.0. The van der Waals surface area contributed by atoms with Crippen LogP contribution in [0.5, 0.6) is 17.2 Å². The number of phenols is 1. The SMILES string of the molecule is CC(Cc1cnc(C(Cc2cc[n+]([O-])cc2)c2ccc(OC(F)F)c(OC(F)F)c2)s1)c1ccccc1O. The molecule has 0 bridgehead atoms. The molecule has 38 heavy (non-hydrogen) atoms. The summed E-state index contributed by atoms with van der Waals surface area (Å²) in [4.78, 5) is 5.52. The molecule has 0 aliphatic heterocycles. The van der Waals surface area contributed by atoms with Crippen molar-refractivity contribution in [3.05, 3.63) is 105 Å². The van der Waals surface area contributed by atoms with Crippen molar-refractivity contribution in [1.29, 1.82) is 0 Å². The molecule has 4 rings (SSSR count). The maximum Gasteiger partial charge on any atom is 0.387 e. The molecule has 0 aliphatic carbocycles. The second-order valence-electron chi connectivity index (χ2n) is 8.61. The molecule has 2 aromatic carbocycles. The summed E-state index contributed by atoms with van der Waals surface area (Å²) >= 11 is 1.42. The molecule has 0 amide bonds. The van der Waals surface area contributed by atoms with Crippen LogP contribution >= 0.6 is 11.3 Å². The van der Waals surface area contributed by atoms with Crippen LogP contribution in [0.25, 0.3) is 0 Å². The molecule has 0 fully saturated rings. The van der Waals surface area contributed by atoms with Gasteiger partial charge in [0.2, 0.25) is 0 Å². The third kappa shape index (κ3) is 6.91. The van der Waals surface area contributed by atoms with E-state index in [2.05, 4.69) is 14.5 Å². The number of hydrogen-bond acceptors (Lipinski definition) is 6. The average molecular weight is 549 g/mol. The van der Waals surface area contributed by atoms with Crippen molar-refractivity contribution in [2.45, 2.75) is 44.8 Å². The molecule has 2 aromatic heterocycles. The van der Waals surface area contributed by atoms with Crippen LogP contribution in [0.3, 0.4) is 0 Å². The lowest BCUT2D eigenvalue weighted by Gasteiger charge is -2.18. The zero-order valence-electron chi connectivity index (χ0n) is 20.1. The number of aromatic nitrogens is 2. The third-order valence-corrected chi connectivity index (χ3v) is 7.09. The summed E-state index contributed by atoms with van der Waals surface area (Å²) in [5, 5.41) is 22.3. The van der Waals surface area contributed by atoms with Gasteiger partial charge in [0, 0.05) is 29.1 Å². The Labute approximate surface area is 220 Å². The molecular weight excluding hydrogens is 524 g/mol. The van der Waals surface area contributed by atoms with Crippen LogP contribution in [0.4, 0.5) is 17.6 Å². The van der Waals surface area contributed by atoms with Gasteiger partial charge in [0.1, 0.15) is 10.8 Å². The number of hydrogen-bond donors (Lipinski definition) is 1. The second-order valence-corrected chi connectivity index (χ2v) is 9.76. The molecule has 0 saturated carbocycles. The Kier molecular flexibility index (Phi) is 8.67. The summed E-state index contributed by atoms with van der Waals surface area (Å²) in [6, 6.07) is 14.3. The predicted molar refractivity (Wildman–Crippen MR) is 133 cm³/mol. The quantitative estimate of drug-likeness (QED) is 0.133. The topological polar surface area (TPSA) is 78.5 Å². The number of alkyl halides is 4. The van der Waals surface area contributed by atoms with E-state index in [0.29, 0.717) is 28.1 Å². The lowest BCUT2D eigenvalue weighted by atomic mass is 9.92. The molecule has 6 nitrogen and oxygen atoms in total. The van der Waals surface area contributed by atoms with Crippen LogP contribution in [-0.2, 0) is 12.8 Å². The van der Waals surface area contributed by atoms with Crippen LogP contribution in [0.15, 0.2) is 73.2 Å². The number of para-hydroxylation sites is 1. The number of thiazole rings is 1. The van der Waals surface area contributed by atoms with E-state index in [1.165, 1.54) is 35.9 Å². The van der Waals surface area contributed by atoms with Crippen LogP contribution in [0, 0.1) is 5.21 Å². The first-order valence-corrected chi connectivity index (χ1v) is 12.4. The Morgan fingerprint density at radius 2 is 1.63 bits per heavy atom. The zero-order chi connectivity index (χ0) is 27.2. The highest BCUT2D eigenvalue weighted by Gasteiger charge is 2.24. The Morgan fingerprint density at radius 3 is 2.32 bits per heavy atom. The summed E-state index contributed by atoms with van der Waals surface area (Å²) in [5.74, 6) is -1.27. The summed E-state index contributed by atoms with van der Waals surface area (Å²) in [5.41, 5.74) is 2.08. The van der Waals surface area contributed by atoms with Crippen molar-refractivity contribution in [3.63, 3.8) is 0 Å². The van der Waals surface area contributed by atoms with Gasteiger partial charge >= 0.3 is 13.2 Å². The van der Waals surface area contributed by atoms with E-state index in [9.17, 15) is 27.9 Å². The number of phenolic OH excluding ortho intramolecular Hbond substituents is 1. The molecule has 1 N–H and O–H groups in total. The molecule has 4 aromatic rings. The molecule has 2 heterocycles. The van der Waals surface area contributed by atoms with Crippen molar-refractivity contribution < 1.29 is 36.9 Å². The summed E-state index contributed by atoms with van der Waals surface area (Å²) in [6.07, 6.45) is 5.37. The van der Waals surface area contributed by atoms with E-state index in [1.54, 1.807) is 30.5 Å². The number of ether oxygens (including phenoxy) is 2. The first kappa shape index (κ1) is 27.2. The van der Waals surface area contributed by atoms with Gasteiger partial charge in [0.15, 0.2) is 23.9 Å². The molecule has 0 spiro atoms. The predicted octanol–water partition coefficient (Wildman–Crippen LogP) is 6.41. The molecule has 0 saturated heterocycles. The van der Waals surface area contributed by atoms with Crippen LogP contribution < -0.4 is 14.2 Å². The molecule has 2 unspecified atom stereocenters. The molecular formula is C27H24F4N2O4S. The third-order valence-electron chi connectivity index (χ3n) is 5.96. The normalized spacial score (nSPS) is 13.0. The monoisotopic (exact) mass is 548 g/mol. The van der Waals surface area contributed by atoms with E-state index in [0.717, 1.165) is 22.1 Å². The first-order valence-electron chi connectivity index (χ1n) is 11.6. The van der Waals surface area contributed by atoms with Crippen molar-refractivity contribution in [1.82, 2.24) is 4.98 Å². The minimum absolute atomic E-state index is 0.00129. The standard InChI is InChI=1S/C27H24F4N2O4S/c1-16(20-4-2-3-5-22(20)34)12-19-15-32-25(38-19)21(13-17-8-10-33(35)11-9-17)18-6-7-23(36-26(28)29)24(14-18)37-27(30)31/h2-11,14-16,21,26-27,34H,12-13H2,1H3. The van der Waals surface area contributed by atoms with E-state index in [1.807, 2.05) is 19.1 Å². The average Bonchev–Trinajstić information content (AvgIpc) is 3.32. The van der Waals surface area contributed by atoms with Gasteiger partial charge in [-0.3, -0.25) is 0 Å². The number of benzene rings is 2.